The molecule has 0 radical (unpaired) electrons. The molecule has 0 fully saturated rings. The third kappa shape index (κ3) is 4.77. The minimum atomic E-state index is -1.13. The van der Waals surface area contributed by atoms with Crippen LogP contribution in [0, 0.1) is 5.92 Å². The number of aryl methyl sites for hydroxylation is 1. The summed E-state index contributed by atoms with van der Waals surface area (Å²) in [5, 5.41) is 10.6. The van der Waals surface area contributed by atoms with Crippen LogP contribution in [-0.4, -0.2) is 39.5 Å². The van der Waals surface area contributed by atoms with Gasteiger partial charge in [-0.2, -0.15) is 0 Å². The Hall–Kier alpha value is -1.69. The molecule has 1 aromatic rings. The number of methoxy groups -OCH3 is 1. The second-order valence-electron chi connectivity index (χ2n) is 5.29. The van der Waals surface area contributed by atoms with Gasteiger partial charge in [0.1, 0.15) is 12.2 Å². The largest absolute Gasteiger partial charge is 0.469 e. The van der Waals surface area contributed by atoms with Gasteiger partial charge < -0.3 is 14.8 Å². The maximum atomic E-state index is 11.8. The molecule has 0 aliphatic rings. The average molecular weight is 282 g/mol. The Morgan fingerprint density at radius 3 is 2.70 bits per heavy atom. The molecule has 20 heavy (non-hydrogen) atoms. The van der Waals surface area contributed by atoms with Crippen molar-refractivity contribution in [3.63, 3.8) is 0 Å². The van der Waals surface area contributed by atoms with Crippen molar-refractivity contribution >= 4 is 11.8 Å². The topological polar surface area (TPSA) is 92.3 Å². The zero-order chi connectivity index (χ0) is 15.2. The van der Waals surface area contributed by atoms with Gasteiger partial charge in [-0.05, 0) is 18.8 Å². The summed E-state index contributed by atoms with van der Waals surface area (Å²) in [5.74, 6) is -0.980. The van der Waals surface area contributed by atoms with Crippen LogP contribution in [0.3, 0.4) is 0 Å². The van der Waals surface area contributed by atoms with Crippen LogP contribution in [-0.2, 0) is 20.7 Å². The minimum Gasteiger partial charge on any atom is -0.469 e. The SMILES string of the molecule is COC(=O)CC(=O)CC(O)(CCc1c[nH]cn1)C(C)C. The summed E-state index contributed by atoms with van der Waals surface area (Å²) < 4.78 is 4.46. The number of hydrogen-bond acceptors (Lipinski definition) is 5. The summed E-state index contributed by atoms with van der Waals surface area (Å²) in [5.41, 5.74) is -0.297. The summed E-state index contributed by atoms with van der Waals surface area (Å²) >= 11 is 0. The number of hydrogen-bond donors (Lipinski definition) is 2. The van der Waals surface area contributed by atoms with E-state index in [9.17, 15) is 14.7 Å². The van der Waals surface area contributed by atoms with E-state index in [1.165, 1.54) is 7.11 Å². The third-order valence-corrected chi connectivity index (χ3v) is 3.52. The number of esters is 1. The maximum Gasteiger partial charge on any atom is 0.313 e. The van der Waals surface area contributed by atoms with E-state index in [1.54, 1.807) is 12.5 Å². The Kier molecular flexibility index (Phi) is 5.88. The molecule has 0 bridgehead atoms. The number of H-pyrrole nitrogens is 1. The van der Waals surface area contributed by atoms with E-state index >= 15 is 0 Å². The van der Waals surface area contributed by atoms with Gasteiger partial charge in [0.2, 0.25) is 0 Å². The highest BCUT2D eigenvalue weighted by Gasteiger charge is 2.33. The molecular formula is C14H22N2O4. The van der Waals surface area contributed by atoms with Crippen LogP contribution in [0.5, 0.6) is 0 Å². The van der Waals surface area contributed by atoms with Gasteiger partial charge in [-0.1, -0.05) is 13.8 Å². The number of aromatic nitrogens is 2. The number of ketones is 1. The molecule has 6 heteroatoms. The molecule has 1 rings (SSSR count). The maximum absolute atomic E-state index is 11.8. The van der Waals surface area contributed by atoms with E-state index in [0.29, 0.717) is 12.8 Å². The van der Waals surface area contributed by atoms with Crippen molar-refractivity contribution in [3.05, 3.63) is 18.2 Å². The van der Waals surface area contributed by atoms with Crippen LogP contribution >= 0.6 is 0 Å². The number of carbonyl (C=O) groups is 2. The van der Waals surface area contributed by atoms with E-state index < -0.39 is 11.6 Å². The van der Waals surface area contributed by atoms with Crippen molar-refractivity contribution in [2.45, 2.75) is 45.1 Å². The molecule has 0 saturated carbocycles. The lowest BCUT2D eigenvalue weighted by molar-refractivity contribution is -0.144. The second-order valence-corrected chi connectivity index (χ2v) is 5.29. The van der Waals surface area contributed by atoms with Gasteiger partial charge in [0.25, 0.3) is 0 Å². The van der Waals surface area contributed by atoms with E-state index in [0.717, 1.165) is 5.69 Å². The Balaban J connectivity index is 2.61. The molecule has 6 nitrogen and oxygen atoms in total. The van der Waals surface area contributed by atoms with Crippen molar-refractivity contribution in [2.75, 3.05) is 7.11 Å². The Bertz CT molecular complexity index is 442. The van der Waals surface area contributed by atoms with Gasteiger partial charge in [-0.3, -0.25) is 9.59 Å². The number of imidazole rings is 1. The molecule has 0 aliphatic heterocycles. The minimum absolute atomic E-state index is 0.0514. The lowest BCUT2D eigenvalue weighted by Crippen LogP contribution is -2.38. The van der Waals surface area contributed by atoms with Gasteiger partial charge in [0.05, 0.1) is 24.7 Å². The van der Waals surface area contributed by atoms with Crippen LogP contribution in [0.15, 0.2) is 12.5 Å². The molecular weight excluding hydrogens is 260 g/mol. The van der Waals surface area contributed by atoms with E-state index in [-0.39, 0.29) is 24.5 Å². The van der Waals surface area contributed by atoms with Gasteiger partial charge in [0, 0.05) is 12.6 Å². The highest BCUT2D eigenvalue weighted by molar-refractivity contribution is 5.95. The third-order valence-electron chi connectivity index (χ3n) is 3.52. The second kappa shape index (κ2) is 7.19. The Labute approximate surface area is 118 Å². The van der Waals surface area contributed by atoms with E-state index in [4.69, 9.17) is 0 Å². The van der Waals surface area contributed by atoms with E-state index in [2.05, 4.69) is 14.7 Å². The molecule has 0 saturated heterocycles. The summed E-state index contributed by atoms with van der Waals surface area (Å²) in [6, 6.07) is 0. The molecule has 0 spiro atoms. The molecule has 1 heterocycles. The predicted molar refractivity (Wildman–Crippen MR) is 73.0 cm³/mol. The van der Waals surface area contributed by atoms with Crippen LogP contribution in [0.4, 0.5) is 0 Å². The standard InChI is InChI=1S/C14H22N2O4/c1-10(2)14(19,5-4-11-8-15-9-16-11)7-12(17)6-13(18)20-3/h8-10,19H,4-7H2,1-3H3,(H,15,16). The molecule has 0 aliphatic carbocycles. The average Bonchev–Trinajstić information content (AvgIpc) is 2.89. The van der Waals surface area contributed by atoms with Crippen molar-refractivity contribution < 1.29 is 19.4 Å². The zero-order valence-corrected chi connectivity index (χ0v) is 12.2. The molecule has 1 atom stereocenters. The number of rotatable bonds is 8. The zero-order valence-electron chi connectivity index (χ0n) is 12.2. The summed E-state index contributed by atoms with van der Waals surface area (Å²) in [7, 11) is 1.24. The van der Waals surface area contributed by atoms with Gasteiger partial charge in [0.15, 0.2) is 0 Å². The number of aromatic amines is 1. The quantitative estimate of drug-likeness (QED) is 0.553. The first kappa shape index (κ1) is 16.4. The number of aliphatic hydroxyl groups is 1. The lowest BCUT2D eigenvalue weighted by Gasteiger charge is -2.31. The molecule has 0 aromatic carbocycles. The number of ether oxygens (including phenoxy) is 1. The molecule has 0 amide bonds. The van der Waals surface area contributed by atoms with Gasteiger partial charge >= 0.3 is 5.97 Å². The Morgan fingerprint density at radius 2 is 2.20 bits per heavy atom. The predicted octanol–water partition coefficient (Wildman–Crippen LogP) is 1.25. The fourth-order valence-corrected chi connectivity index (χ4v) is 1.99. The van der Waals surface area contributed by atoms with Gasteiger partial charge in [-0.15, -0.1) is 0 Å². The highest BCUT2D eigenvalue weighted by Crippen LogP contribution is 2.27. The van der Waals surface area contributed by atoms with Crippen LogP contribution in [0.1, 0.15) is 38.8 Å². The first-order valence-corrected chi connectivity index (χ1v) is 6.66. The summed E-state index contributed by atoms with van der Waals surface area (Å²) in [4.78, 5) is 29.8. The van der Waals surface area contributed by atoms with Crippen molar-refractivity contribution in [1.29, 1.82) is 0 Å². The van der Waals surface area contributed by atoms with Gasteiger partial charge in [-0.25, -0.2) is 4.98 Å². The lowest BCUT2D eigenvalue weighted by atomic mass is 9.81. The van der Waals surface area contributed by atoms with Crippen LogP contribution in [0.25, 0.3) is 0 Å². The molecule has 2 N–H and O–H groups in total. The number of nitrogens with one attached hydrogen (secondary N) is 1. The van der Waals surface area contributed by atoms with Crippen LogP contribution in [0.2, 0.25) is 0 Å². The number of nitrogens with zero attached hydrogens (tertiary/aromatic N) is 1. The Morgan fingerprint density at radius 1 is 1.50 bits per heavy atom. The first-order valence-electron chi connectivity index (χ1n) is 6.66. The molecule has 1 aromatic heterocycles. The molecule has 1 unspecified atom stereocenters. The van der Waals surface area contributed by atoms with Crippen LogP contribution < -0.4 is 0 Å². The number of carbonyl (C=O) groups excluding carboxylic acids is 2. The first-order chi connectivity index (χ1) is 9.37. The number of Topliss-reactive ketones (excluding diaryl/α,β-unsaturated/α-hetero) is 1. The fourth-order valence-electron chi connectivity index (χ4n) is 1.99. The van der Waals surface area contributed by atoms with Crippen molar-refractivity contribution in [1.82, 2.24) is 9.97 Å². The van der Waals surface area contributed by atoms with Crippen molar-refractivity contribution in [3.8, 4) is 0 Å². The monoisotopic (exact) mass is 282 g/mol. The highest BCUT2D eigenvalue weighted by atomic mass is 16.5. The molecule has 112 valence electrons. The van der Waals surface area contributed by atoms with E-state index in [1.807, 2.05) is 13.8 Å². The smallest absolute Gasteiger partial charge is 0.313 e. The summed E-state index contributed by atoms with van der Waals surface area (Å²) in [6.07, 6.45) is 3.98. The summed E-state index contributed by atoms with van der Waals surface area (Å²) in [6.45, 7) is 3.71. The fraction of sp³-hybridized carbons (Fsp3) is 0.643. The normalized spacial score (nSPS) is 14.1. The van der Waals surface area contributed by atoms with Crippen molar-refractivity contribution in [2.24, 2.45) is 5.92 Å².